The van der Waals surface area contributed by atoms with Gasteiger partial charge >= 0.3 is 0 Å². The average Bonchev–Trinajstić information content (AvgIpc) is 3.15. The standard InChI is InChI=1S/C23H29N7O2/c1-15-24-19-8-3-4-9-20(19)30(15)23-27-21(17-6-5-7-18(14-17)25-16(2)31)26-22(28-23)29-10-12-32-13-11-29/h5-7,14,19-20H,3-4,8-13H2,1-2H3,(H,25,31)/t19?,20-/m1/s1. The first kappa shape index (κ1) is 20.8. The molecule has 9 nitrogen and oxygen atoms in total. The molecule has 0 spiro atoms. The minimum atomic E-state index is -0.111. The van der Waals surface area contributed by atoms with Gasteiger partial charge in [0.2, 0.25) is 17.8 Å². The quantitative estimate of drug-likeness (QED) is 0.789. The number of carbonyl (C=O) groups excluding carboxylic acids is 1. The van der Waals surface area contributed by atoms with Gasteiger partial charge in [-0.3, -0.25) is 14.7 Å². The number of amides is 1. The third-order valence-electron chi connectivity index (χ3n) is 6.29. The molecule has 2 aromatic rings. The van der Waals surface area contributed by atoms with E-state index in [0.29, 0.717) is 43.0 Å². The second-order valence-electron chi connectivity index (χ2n) is 8.59. The molecule has 1 aromatic heterocycles. The molecule has 5 rings (SSSR count). The van der Waals surface area contributed by atoms with Crippen molar-refractivity contribution in [1.29, 1.82) is 0 Å². The van der Waals surface area contributed by atoms with Crippen LogP contribution in [0.15, 0.2) is 29.3 Å². The summed E-state index contributed by atoms with van der Waals surface area (Å²) in [5, 5.41) is 2.84. The van der Waals surface area contributed by atoms with Gasteiger partial charge in [0, 0.05) is 31.3 Å². The van der Waals surface area contributed by atoms with E-state index >= 15 is 0 Å². The number of benzene rings is 1. The minimum Gasteiger partial charge on any atom is -0.378 e. The van der Waals surface area contributed by atoms with Gasteiger partial charge in [-0.15, -0.1) is 0 Å². The molecule has 9 heteroatoms. The number of hydrogen-bond acceptors (Lipinski definition) is 8. The van der Waals surface area contributed by atoms with Crippen LogP contribution in [0.3, 0.4) is 0 Å². The number of nitrogens with one attached hydrogen (secondary N) is 1. The van der Waals surface area contributed by atoms with Gasteiger partial charge in [0.15, 0.2) is 5.82 Å². The van der Waals surface area contributed by atoms with Crippen LogP contribution in [0.4, 0.5) is 17.6 Å². The minimum absolute atomic E-state index is 0.111. The fraction of sp³-hybridized carbons (Fsp3) is 0.522. The molecule has 1 saturated carbocycles. The van der Waals surface area contributed by atoms with Crippen molar-refractivity contribution in [2.75, 3.05) is 41.4 Å². The number of rotatable bonds is 4. The summed E-state index contributed by atoms with van der Waals surface area (Å²) in [7, 11) is 0. The van der Waals surface area contributed by atoms with Gasteiger partial charge in [0.1, 0.15) is 5.84 Å². The van der Waals surface area contributed by atoms with Gasteiger partial charge in [-0.25, -0.2) is 0 Å². The lowest BCUT2D eigenvalue weighted by Crippen LogP contribution is -2.42. The van der Waals surface area contributed by atoms with Gasteiger partial charge in [0.25, 0.3) is 0 Å². The highest BCUT2D eigenvalue weighted by Crippen LogP contribution is 2.34. The summed E-state index contributed by atoms with van der Waals surface area (Å²) in [6, 6.07) is 8.25. The number of aromatic nitrogens is 3. The van der Waals surface area contributed by atoms with Crippen LogP contribution in [0, 0.1) is 0 Å². The number of morpholine rings is 1. The van der Waals surface area contributed by atoms with E-state index in [1.807, 2.05) is 31.2 Å². The van der Waals surface area contributed by atoms with Crippen LogP contribution in [0.25, 0.3) is 11.4 Å². The molecule has 1 aromatic carbocycles. The Balaban J connectivity index is 1.56. The molecule has 2 aliphatic heterocycles. The number of anilines is 3. The Bertz CT molecular complexity index is 1030. The number of carbonyl (C=O) groups is 1. The van der Waals surface area contributed by atoms with Crippen molar-refractivity contribution >= 4 is 29.3 Å². The molecule has 1 saturated heterocycles. The third kappa shape index (κ3) is 4.17. The van der Waals surface area contributed by atoms with E-state index in [0.717, 1.165) is 43.0 Å². The predicted octanol–water partition coefficient (Wildman–Crippen LogP) is 2.88. The summed E-state index contributed by atoms with van der Waals surface area (Å²) < 4.78 is 5.52. The van der Waals surface area contributed by atoms with Crippen LogP contribution in [0.2, 0.25) is 0 Å². The van der Waals surface area contributed by atoms with Gasteiger partial charge in [-0.05, 0) is 31.9 Å². The van der Waals surface area contributed by atoms with E-state index in [1.54, 1.807) is 0 Å². The molecule has 0 radical (unpaired) electrons. The fourth-order valence-electron chi connectivity index (χ4n) is 4.81. The van der Waals surface area contributed by atoms with Crippen molar-refractivity contribution in [3.63, 3.8) is 0 Å². The Hall–Kier alpha value is -3.07. The summed E-state index contributed by atoms with van der Waals surface area (Å²) in [5.74, 6) is 2.76. The molecule has 32 heavy (non-hydrogen) atoms. The molecule has 1 N–H and O–H groups in total. The second kappa shape index (κ2) is 8.82. The third-order valence-corrected chi connectivity index (χ3v) is 6.29. The summed E-state index contributed by atoms with van der Waals surface area (Å²) in [6.07, 6.45) is 4.64. The maximum atomic E-state index is 11.5. The molecular weight excluding hydrogens is 406 g/mol. The second-order valence-corrected chi connectivity index (χ2v) is 8.59. The lowest BCUT2D eigenvalue weighted by Gasteiger charge is -2.32. The molecule has 1 amide bonds. The van der Waals surface area contributed by atoms with E-state index in [4.69, 9.17) is 24.7 Å². The lowest BCUT2D eigenvalue weighted by atomic mass is 9.91. The number of amidine groups is 1. The monoisotopic (exact) mass is 435 g/mol. The Morgan fingerprint density at radius 2 is 1.88 bits per heavy atom. The first-order chi connectivity index (χ1) is 15.6. The molecule has 168 valence electrons. The van der Waals surface area contributed by atoms with Crippen LogP contribution in [-0.4, -0.2) is 65.1 Å². The van der Waals surface area contributed by atoms with Crippen LogP contribution >= 0.6 is 0 Å². The van der Waals surface area contributed by atoms with Gasteiger partial charge < -0.3 is 15.0 Å². The van der Waals surface area contributed by atoms with Crippen LogP contribution in [0.5, 0.6) is 0 Å². The van der Waals surface area contributed by atoms with Gasteiger partial charge in [-0.1, -0.05) is 25.0 Å². The molecule has 3 aliphatic rings. The van der Waals surface area contributed by atoms with Crippen molar-refractivity contribution in [3.05, 3.63) is 24.3 Å². The average molecular weight is 436 g/mol. The molecule has 0 bridgehead atoms. The van der Waals surface area contributed by atoms with E-state index in [-0.39, 0.29) is 5.91 Å². The SMILES string of the molecule is CC(=O)Nc1cccc(-c2nc(N3CCOCC3)nc(N3C(C)=NC4CCCC[C@H]43)n2)c1. The maximum absolute atomic E-state index is 11.5. The van der Waals surface area contributed by atoms with E-state index in [1.165, 1.54) is 19.8 Å². The van der Waals surface area contributed by atoms with Crippen molar-refractivity contribution in [3.8, 4) is 11.4 Å². The van der Waals surface area contributed by atoms with Crippen molar-refractivity contribution in [2.24, 2.45) is 4.99 Å². The fourth-order valence-corrected chi connectivity index (χ4v) is 4.81. The molecule has 2 atom stereocenters. The first-order valence-corrected chi connectivity index (χ1v) is 11.4. The zero-order valence-electron chi connectivity index (χ0n) is 18.6. The highest BCUT2D eigenvalue weighted by Gasteiger charge is 2.38. The summed E-state index contributed by atoms with van der Waals surface area (Å²) in [4.78, 5) is 35.4. The predicted molar refractivity (Wildman–Crippen MR) is 124 cm³/mol. The van der Waals surface area contributed by atoms with E-state index in [9.17, 15) is 4.79 Å². The Morgan fingerprint density at radius 1 is 1.09 bits per heavy atom. The topological polar surface area (TPSA) is 95.8 Å². The number of ether oxygens (including phenoxy) is 1. The highest BCUT2D eigenvalue weighted by atomic mass is 16.5. The molecule has 1 aliphatic carbocycles. The normalized spacial score (nSPS) is 23.0. The summed E-state index contributed by atoms with van der Waals surface area (Å²) in [6.45, 7) is 6.35. The Kier molecular flexibility index (Phi) is 5.73. The maximum Gasteiger partial charge on any atom is 0.236 e. The number of aliphatic imine (C=N–C) groups is 1. The zero-order chi connectivity index (χ0) is 22.1. The van der Waals surface area contributed by atoms with Crippen molar-refractivity contribution in [2.45, 2.75) is 51.6 Å². The van der Waals surface area contributed by atoms with Crippen molar-refractivity contribution < 1.29 is 9.53 Å². The smallest absolute Gasteiger partial charge is 0.236 e. The number of nitrogens with zero attached hydrogens (tertiary/aromatic N) is 6. The van der Waals surface area contributed by atoms with E-state index < -0.39 is 0 Å². The Labute approximate surface area is 187 Å². The Morgan fingerprint density at radius 3 is 2.69 bits per heavy atom. The van der Waals surface area contributed by atoms with Gasteiger partial charge in [0.05, 0.1) is 25.3 Å². The van der Waals surface area contributed by atoms with Gasteiger partial charge in [-0.2, -0.15) is 15.0 Å². The number of fused-ring (bicyclic) bond motifs is 1. The largest absolute Gasteiger partial charge is 0.378 e. The molecule has 3 heterocycles. The first-order valence-electron chi connectivity index (χ1n) is 11.4. The van der Waals surface area contributed by atoms with Crippen molar-refractivity contribution in [1.82, 2.24) is 15.0 Å². The molecule has 1 unspecified atom stereocenters. The van der Waals surface area contributed by atoms with E-state index in [2.05, 4.69) is 15.1 Å². The van der Waals surface area contributed by atoms with Crippen LogP contribution in [-0.2, 0) is 9.53 Å². The van der Waals surface area contributed by atoms with Crippen LogP contribution < -0.4 is 15.1 Å². The lowest BCUT2D eigenvalue weighted by molar-refractivity contribution is -0.114. The molecular formula is C23H29N7O2. The summed E-state index contributed by atoms with van der Waals surface area (Å²) in [5.41, 5.74) is 1.56. The molecule has 2 fully saturated rings. The van der Waals surface area contributed by atoms with Crippen LogP contribution in [0.1, 0.15) is 39.5 Å². The number of hydrogen-bond donors (Lipinski definition) is 1. The highest BCUT2D eigenvalue weighted by molar-refractivity contribution is 5.97. The summed E-state index contributed by atoms with van der Waals surface area (Å²) >= 11 is 0. The zero-order valence-corrected chi connectivity index (χ0v) is 18.6.